The van der Waals surface area contributed by atoms with Crippen molar-refractivity contribution in [3.05, 3.63) is 88.5 Å². The maximum atomic E-state index is 12.7. The van der Waals surface area contributed by atoms with E-state index in [1.165, 1.54) is 5.56 Å². The number of hydrogen-bond donors (Lipinski definition) is 1. The van der Waals surface area contributed by atoms with Gasteiger partial charge in [-0.2, -0.15) is 0 Å². The number of carbonyl (C=O) groups excluding carboxylic acids is 1. The van der Waals surface area contributed by atoms with E-state index in [-0.39, 0.29) is 5.91 Å². The lowest BCUT2D eigenvalue weighted by atomic mass is 10.1. The SMILES string of the molecule is Cc1ccc(Cn2nnc3cc(C(=O)Nc4cccc(C)c4C)ccc32)cc1. The predicted octanol–water partition coefficient (Wildman–Crippen LogP) is 4.66. The molecule has 3 aromatic carbocycles. The number of rotatable bonds is 4. The molecule has 0 saturated heterocycles. The first kappa shape index (κ1) is 17.9. The third-order valence-corrected chi connectivity index (χ3v) is 5.08. The van der Waals surface area contributed by atoms with Gasteiger partial charge in [0.05, 0.1) is 12.1 Å². The van der Waals surface area contributed by atoms with Crippen LogP contribution in [0.3, 0.4) is 0 Å². The van der Waals surface area contributed by atoms with Crippen LogP contribution in [0.15, 0.2) is 60.7 Å². The van der Waals surface area contributed by atoms with Gasteiger partial charge in [0.15, 0.2) is 0 Å². The molecule has 5 nitrogen and oxygen atoms in total. The van der Waals surface area contributed by atoms with Gasteiger partial charge in [-0.25, -0.2) is 4.68 Å². The minimum absolute atomic E-state index is 0.149. The molecule has 0 unspecified atom stereocenters. The Labute approximate surface area is 164 Å². The normalized spacial score (nSPS) is 11.0. The highest BCUT2D eigenvalue weighted by atomic mass is 16.1. The van der Waals surface area contributed by atoms with Crippen LogP contribution in [0.4, 0.5) is 5.69 Å². The second-order valence-corrected chi connectivity index (χ2v) is 7.14. The quantitative estimate of drug-likeness (QED) is 0.568. The van der Waals surface area contributed by atoms with Crippen molar-refractivity contribution in [2.75, 3.05) is 5.32 Å². The summed E-state index contributed by atoms with van der Waals surface area (Å²) < 4.78 is 1.85. The third-order valence-electron chi connectivity index (χ3n) is 5.08. The molecule has 1 aromatic heterocycles. The zero-order valence-electron chi connectivity index (χ0n) is 16.2. The number of nitrogens with zero attached hydrogens (tertiary/aromatic N) is 3. The van der Waals surface area contributed by atoms with Gasteiger partial charge in [-0.3, -0.25) is 4.79 Å². The molecule has 4 rings (SSSR count). The van der Waals surface area contributed by atoms with E-state index >= 15 is 0 Å². The highest BCUT2D eigenvalue weighted by Gasteiger charge is 2.12. The fourth-order valence-corrected chi connectivity index (χ4v) is 3.18. The van der Waals surface area contributed by atoms with E-state index in [1.807, 2.05) is 48.9 Å². The number of aromatic nitrogens is 3. The molecule has 1 heterocycles. The Kier molecular flexibility index (Phi) is 4.65. The lowest BCUT2D eigenvalue weighted by molar-refractivity contribution is 0.102. The molecule has 4 aromatic rings. The standard InChI is InChI=1S/C23H22N4O/c1-15-7-9-18(10-8-15)14-27-22-12-11-19(13-21(22)25-26-27)23(28)24-20-6-4-5-16(2)17(20)3/h4-13H,14H2,1-3H3,(H,24,28). The summed E-state index contributed by atoms with van der Waals surface area (Å²) in [5.41, 5.74) is 7.61. The first-order valence-electron chi connectivity index (χ1n) is 9.27. The summed E-state index contributed by atoms with van der Waals surface area (Å²) in [4.78, 5) is 12.7. The van der Waals surface area contributed by atoms with Crippen LogP contribution in [-0.2, 0) is 6.54 Å². The van der Waals surface area contributed by atoms with Crippen molar-refractivity contribution in [1.29, 1.82) is 0 Å². The number of hydrogen-bond acceptors (Lipinski definition) is 3. The van der Waals surface area contributed by atoms with Crippen molar-refractivity contribution in [3.63, 3.8) is 0 Å². The van der Waals surface area contributed by atoms with Crippen molar-refractivity contribution in [1.82, 2.24) is 15.0 Å². The van der Waals surface area contributed by atoms with E-state index in [0.29, 0.717) is 17.6 Å². The lowest BCUT2D eigenvalue weighted by Crippen LogP contribution is -2.13. The molecule has 28 heavy (non-hydrogen) atoms. The average Bonchev–Trinajstić information content (AvgIpc) is 3.09. The molecule has 0 radical (unpaired) electrons. The lowest BCUT2D eigenvalue weighted by Gasteiger charge is -2.10. The zero-order valence-corrected chi connectivity index (χ0v) is 16.2. The van der Waals surface area contributed by atoms with E-state index in [0.717, 1.165) is 27.9 Å². The fraction of sp³-hybridized carbons (Fsp3) is 0.174. The fourth-order valence-electron chi connectivity index (χ4n) is 3.18. The highest BCUT2D eigenvalue weighted by Crippen LogP contribution is 2.20. The summed E-state index contributed by atoms with van der Waals surface area (Å²) in [7, 11) is 0. The van der Waals surface area contributed by atoms with E-state index in [4.69, 9.17) is 0 Å². The minimum Gasteiger partial charge on any atom is -0.322 e. The van der Waals surface area contributed by atoms with Crippen LogP contribution in [0.5, 0.6) is 0 Å². The van der Waals surface area contributed by atoms with Crippen LogP contribution in [0, 0.1) is 20.8 Å². The summed E-state index contributed by atoms with van der Waals surface area (Å²) in [6.45, 7) is 6.75. The molecular formula is C23H22N4O. The predicted molar refractivity (Wildman–Crippen MR) is 112 cm³/mol. The first-order valence-corrected chi connectivity index (χ1v) is 9.27. The number of fused-ring (bicyclic) bond motifs is 1. The molecule has 5 heteroatoms. The van der Waals surface area contributed by atoms with E-state index in [1.54, 1.807) is 6.07 Å². The second kappa shape index (κ2) is 7.27. The molecule has 0 spiro atoms. The van der Waals surface area contributed by atoms with Crippen molar-refractivity contribution < 1.29 is 4.79 Å². The summed E-state index contributed by atoms with van der Waals surface area (Å²) in [6, 6.07) is 19.8. The van der Waals surface area contributed by atoms with Crippen molar-refractivity contribution in [2.24, 2.45) is 0 Å². The summed E-state index contributed by atoms with van der Waals surface area (Å²) in [5, 5.41) is 11.5. The van der Waals surface area contributed by atoms with E-state index in [9.17, 15) is 4.79 Å². The second-order valence-electron chi connectivity index (χ2n) is 7.14. The molecule has 0 aliphatic rings. The summed E-state index contributed by atoms with van der Waals surface area (Å²) in [5.74, 6) is -0.149. The van der Waals surface area contributed by atoms with Crippen LogP contribution < -0.4 is 5.32 Å². The Hall–Kier alpha value is -3.47. The molecule has 0 atom stereocenters. The van der Waals surface area contributed by atoms with E-state index in [2.05, 4.69) is 46.8 Å². The molecule has 1 N–H and O–H groups in total. The van der Waals surface area contributed by atoms with Gasteiger partial charge < -0.3 is 5.32 Å². The Morgan fingerprint density at radius 1 is 1.00 bits per heavy atom. The van der Waals surface area contributed by atoms with Gasteiger partial charge >= 0.3 is 0 Å². The van der Waals surface area contributed by atoms with E-state index < -0.39 is 0 Å². The van der Waals surface area contributed by atoms with Gasteiger partial charge in [0.2, 0.25) is 0 Å². The number of nitrogens with one attached hydrogen (secondary N) is 1. The monoisotopic (exact) mass is 370 g/mol. The molecule has 0 aliphatic carbocycles. The number of carbonyl (C=O) groups is 1. The third kappa shape index (κ3) is 3.51. The van der Waals surface area contributed by atoms with Crippen LogP contribution in [0.2, 0.25) is 0 Å². The highest BCUT2D eigenvalue weighted by molar-refractivity contribution is 6.06. The number of amides is 1. The Morgan fingerprint density at radius 2 is 1.79 bits per heavy atom. The van der Waals surface area contributed by atoms with Crippen LogP contribution in [-0.4, -0.2) is 20.9 Å². The summed E-state index contributed by atoms with van der Waals surface area (Å²) >= 11 is 0. The Morgan fingerprint density at radius 3 is 2.57 bits per heavy atom. The van der Waals surface area contributed by atoms with Gasteiger partial charge in [0.25, 0.3) is 5.91 Å². The van der Waals surface area contributed by atoms with Gasteiger partial charge in [0.1, 0.15) is 5.52 Å². The summed E-state index contributed by atoms with van der Waals surface area (Å²) in [6.07, 6.45) is 0. The van der Waals surface area contributed by atoms with Gasteiger partial charge in [-0.05, 0) is 61.7 Å². The minimum atomic E-state index is -0.149. The van der Waals surface area contributed by atoms with Crippen LogP contribution in [0.1, 0.15) is 32.6 Å². The Balaban J connectivity index is 1.57. The number of anilines is 1. The van der Waals surface area contributed by atoms with Crippen LogP contribution in [0.25, 0.3) is 11.0 Å². The molecule has 1 amide bonds. The number of aryl methyl sites for hydroxylation is 2. The molecule has 0 saturated carbocycles. The topological polar surface area (TPSA) is 59.8 Å². The van der Waals surface area contributed by atoms with Gasteiger partial charge in [0, 0.05) is 11.3 Å². The van der Waals surface area contributed by atoms with Gasteiger partial charge in [-0.15, -0.1) is 5.10 Å². The molecule has 0 fully saturated rings. The van der Waals surface area contributed by atoms with Crippen LogP contribution >= 0.6 is 0 Å². The number of benzene rings is 3. The Bertz CT molecular complexity index is 1160. The molecular weight excluding hydrogens is 348 g/mol. The maximum absolute atomic E-state index is 12.7. The average molecular weight is 370 g/mol. The first-order chi connectivity index (χ1) is 13.5. The maximum Gasteiger partial charge on any atom is 0.255 e. The zero-order chi connectivity index (χ0) is 19.7. The van der Waals surface area contributed by atoms with Crippen molar-refractivity contribution in [2.45, 2.75) is 27.3 Å². The smallest absolute Gasteiger partial charge is 0.255 e. The molecule has 0 aliphatic heterocycles. The molecule has 0 bridgehead atoms. The molecule has 140 valence electrons. The van der Waals surface area contributed by atoms with Crippen molar-refractivity contribution in [3.8, 4) is 0 Å². The largest absolute Gasteiger partial charge is 0.322 e. The van der Waals surface area contributed by atoms with Gasteiger partial charge in [-0.1, -0.05) is 47.2 Å². The van der Waals surface area contributed by atoms with Crippen molar-refractivity contribution >= 4 is 22.6 Å².